The Morgan fingerprint density at radius 3 is 2.62 bits per heavy atom. The summed E-state index contributed by atoms with van der Waals surface area (Å²) in [7, 11) is 0. The summed E-state index contributed by atoms with van der Waals surface area (Å²) in [6.07, 6.45) is -0.180. The molecule has 0 saturated heterocycles. The number of ether oxygens (including phenoxy) is 2. The molecular weight excluding hydrogens is 278 g/mol. The number of hydrogen-bond donors (Lipinski definition) is 2. The highest BCUT2D eigenvalue weighted by Gasteiger charge is 2.22. The van der Waals surface area contributed by atoms with Crippen LogP contribution in [0.25, 0.3) is 10.4 Å². The van der Waals surface area contributed by atoms with Crippen LogP contribution in [0.1, 0.15) is 27.2 Å². The fourth-order valence-electron chi connectivity index (χ4n) is 1.29. The Morgan fingerprint density at radius 2 is 2.05 bits per heavy atom. The highest BCUT2D eigenvalue weighted by molar-refractivity contribution is 5.86. The molecule has 1 atom stereocenters. The van der Waals surface area contributed by atoms with Crippen molar-refractivity contribution in [3.05, 3.63) is 10.4 Å². The molecule has 3 N–H and O–H groups in total. The minimum atomic E-state index is -0.956. The van der Waals surface area contributed by atoms with Crippen LogP contribution in [0.3, 0.4) is 0 Å². The van der Waals surface area contributed by atoms with Crippen molar-refractivity contribution in [2.45, 2.75) is 38.8 Å². The second kappa shape index (κ2) is 9.98. The molecule has 0 unspecified atom stereocenters. The Bertz CT molecular complexity index is 388. The average Bonchev–Trinajstić information content (AvgIpc) is 2.34. The summed E-state index contributed by atoms with van der Waals surface area (Å²) in [6, 6.07) is -0.956. The highest BCUT2D eigenvalue weighted by Crippen LogP contribution is 2.08. The predicted octanol–water partition coefficient (Wildman–Crippen LogP) is 0.489. The van der Waals surface area contributed by atoms with Gasteiger partial charge in [-0.05, 0) is 26.3 Å². The van der Waals surface area contributed by atoms with Gasteiger partial charge in [0.05, 0.1) is 25.7 Å². The van der Waals surface area contributed by atoms with Gasteiger partial charge in [-0.1, -0.05) is 5.11 Å². The maximum absolute atomic E-state index is 11.6. The van der Waals surface area contributed by atoms with Crippen LogP contribution in [0.2, 0.25) is 0 Å². The summed E-state index contributed by atoms with van der Waals surface area (Å²) in [5.74, 6) is -0.963. The lowest BCUT2D eigenvalue weighted by atomic mass is 10.1. The molecule has 0 rings (SSSR count). The van der Waals surface area contributed by atoms with Gasteiger partial charge in [0.15, 0.2) is 0 Å². The zero-order valence-corrected chi connectivity index (χ0v) is 12.7. The van der Waals surface area contributed by atoms with Crippen LogP contribution >= 0.6 is 0 Å². The van der Waals surface area contributed by atoms with Gasteiger partial charge in [0.2, 0.25) is 5.91 Å². The molecule has 0 aliphatic heterocycles. The number of carbonyl (C=O) groups is 2. The van der Waals surface area contributed by atoms with Gasteiger partial charge in [0, 0.05) is 18.0 Å². The lowest BCUT2D eigenvalue weighted by Crippen LogP contribution is -2.43. The van der Waals surface area contributed by atoms with Gasteiger partial charge in [-0.25, -0.2) is 0 Å². The molecule has 0 saturated carbocycles. The fraction of sp³-hybridized carbons (Fsp3) is 0.833. The summed E-state index contributed by atoms with van der Waals surface area (Å²) in [5.41, 5.74) is 13.0. The van der Waals surface area contributed by atoms with Crippen LogP contribution < -0.4 is 11.1 Å². The largest absolute Gasteiger partial charge is 0.460 e. The Balaban J connectivity index is 3.80. The number of carbonyl (C=O) groups excluding carboxylic acids is 2. The molecule has 0 aromatic carbocycles. The Hall–Kier alpha value is -1.83. The van der Waals surface area contributed by atoms with Crippen molar-refractivity contribution >= 4 is 11.9 Å². The standard InChI is InChI=1S/C12H23N5O4/c1-12(2,3)21-10(18)8-9(13)11(19)15-4-6-20-7-5-16-17-14/h9H,4-8,13H2,1-3H3,(H,15,19)/t9-/m0/s1. The van der Waals surface area contributed by atoms with E-state index in [0.717, 1.165) is 0 Å². The lowest BCUT2D eigenvalue weighted by Gasteiger charge is -2.20. The number of hydrogen-bond acceptors (Lipinski definition) is 6. The van der Waals surface area contributed by atoms with E-state index in [9.17, 15) is 9.59 Å². The van der Waals surface area contributed by atoms with Gasteiger partial charge < -0.3 is 20.5 Å². The fourth-order valence-corrected chi connectivity index (χ4v) is 1.29. The first kappa shape index (κ1) is 19.2. The Labute approximate surface area is 123 Å². The van der Waals surface area contributed by atoms with E-state index in [1.807, 2.05) is 0 Å². The van der Waals surface area contributed by atoms with Gasteiger partial charge in [0.25, 0.3) is 0 Å². The highest BCUT2D eigenvalue weighted by atomic mass is 16.6. The molecule has 9 nitrogen and oxygen atoms in total. The van der Waals surface area contributed by atoms with Gasteiger partial charge in [-0.15, -0.1) is 0 Å². The van der Waals surface area contributed by atoms with Crippen molar-refractivity contribution in [2.75, 3.05) is 26.3 Å². The minimum Gasteiger partial charge on any atom is -0.460 e. The molecule has 0 aliphatic carbocycles. The molecule has 0 aromatic rings. The second-order valence-electron chi connectivity index (χ2n) is 5.25. The molecule has 0 radical (unpaired) electrons. The normalized spacial score (nSPS) is 12.2. The van der Waals surface area contributed by atoms with Crippen LogP contribution in [0.4, 0.5) is 0 Å². The van der Waals surface area contributed by atoms with Gasteiger partial charge in [0.1, 0.15) is 5.60 Å². The number of nitrogens with two attached hydrogens (primary N) is 1. The van der Waals surface area contributed by atoms with Crippen molar-refractivity contribution in [1.82, 2.24) is 5.32 Å². The number of amides is 1. The number of azide groups is 1. The van der Waals surface area contributed by atoms with E-state index in [1.165, 1.54) is 0 Å². The molecule has 0 heterocycles. The summed E-state index contributed by atoms with van der Waals surface area (Å²) >= 11 is 0. The van der Waals surface area contributed by atoms with Crippen LogP contribution in [0.15, 0.2) is 5.11 Å². The first-order valence-electron chi connectivity index (χ1n) is 6.60. The van der Waals surface area contributed by atoms with Crippen molar-refractivity contribution < 1.29 is 19.1 Å². The van der Waals surface area contributed by atoms with E-state index >= 15 is 0 Å². The van der Waals surface area contributed by atoms with E-state index in [1.54, 1.807) is 20.8 Å². The third kappa shape index (κ3) is 11.7. The number of nitrogens with one attached hydrogen (secondary N) is 1. The molecule has 9 heteroatoms. The quantitative estimate of drug-likeness (QED) is 0.210. The van der Waals surface area contributed by atoms with Crippen molar-refractivity contribution in [3.63, 3.8) is 0 Å². The SMILES string of the molecule is CC(C)(C)OC(=O)C[C@H](N)C(=O)NCCOCCN=[N+]=[N-]. The molecule has 1 amide bonds. The molecule has 0 aliphatic rings. The number of rotatable bonds is 9. The summed E-state index contributed by atoms with van der Waals surface area (Å²) in [6.45, 7) is 6.27. The lowest BCUT2D eigenvalue weighted by molar-refractivity contribution is -0.156. The van der Waals surface area contributed by atoms with E-state index in [-0.39, 0.29) is 32.7 Å². The van der Waals surface area contributed by atoms with Gasteiger partial charge in [-0.3, -0.25) is 9.59 Å². The van der Waals surface area contributed by atoms with E-state index in [2.05, 4.69) is 15.3 Å². The third-order valence-corrected chi connectivity index (χ3v) is 2.09. The first-order valence-corrected chi connectivity index (χ1v) is 6.60. The zero-order valence-electron chi connectivity index (χ0n) is 12.7. The Morgan fingerprint density at radius 1 is 1.38 bits per heavy atom. The zero-order chi connectivity index (χ0) is 16.3. The van der Waals surface area contributed by atoms with E-state index < -0.39 is 23.5 Å². The van der Waals surface area contributed by atoms with Crippen molar-refractivity contribution in [1.29, 1.82) is 0 Å². The minimum absolute atomic E-state index is 0.180. The van der Waals surface area contributed by atoms with Gasteiger partial charge >= 0.3 is 5.97 Å². The molecule has 0 aromatic heterocycles. The Kier molecular flexibility index (Phi) is 9.11. The van der Waals surface area contributed by atoms with E-state index in [4.69, 9.17) is 20.7 Å². The maximum Gasteiger partial charge on any atom is 0.308 e. The average molecular weight is 301 g/mol. The predicted molar refractivity (Wildman–Crippen MR) is 76.3 cm³/mol. The smallest absolute Gasteiger partial charge is 0.308 e. The molecule has 0 spiro atoms. The summed E-state index contributed by atoms with van der Waals surface area (Å²) in [4.78, 5) is 25.7. The van der Waals surface area contributed by atoms with E-state index in [0.29, 0.717) is 0 Å². The topological polar surface area (TPSA) is 139 Å². The second-order valence-corrected chi connectivity index (χ2v) is 5.25. The van der Waals surface area contributed by atoms with Crippen molar-refractivity contribution in [2.24, 2.45) is 10.8 Å². The number of esters is 1. The third-order valence-electron chi connectivity index (χ3n) is 2.09. The first-order chi connectivity index (χ1) is 9.76. The number of nitrogens with zero attached hydrogens (tertiary/aromatic N) is 3. The summed E-state index contributed by atoms with van der Waals surface area (Å²) in [5, 5.41) is 5.83. The molecule has 21 heavy (non-hydrogen) atoms. The monoisotopic (exact) mass is 301 g/mol. The molecular formula is C12H23N5O4. The molecule has 0 bridgehead atoms. The summed E-state index contributed by atoms with van der Waals surface area (Å²) < 4.78 is 10.2. The molecule has 0 fully saturated rings. The van der Waals surface area contributed by atoms with Crippen LogP contribution in [-0.2, 0) is 19.1 Å². The van der Waals surface area contributed by atoms with Crippen LogP contribution in [0, 0.1) is 0 Å². The molecule has 120 valence electrons. The van der Waals surface area contributed by atoms with Gasteiger partial charge in [-0.2, -0.15) is 0 Å². The maximum atomic E-state index is 11.6. The van der Waals surface area contributed by atoms with Crippen LogP contribution in [0.5, 0.6) is 0 Å². The van der Waals surface area contributed by atoms with Crippen molar-refractivity contribution in [3.8, 4) is 0 Å². The van der Waals surface area contributed by atoms with Crippen LogP contribution in [-0.4, -0.2) is 49.8 Å².